The lowest BCUT2D eigenvalue weighted by molar-refractivity contribution is 0.105. The van der Waals surface area contributed by atoms with Gasteiger partial charge in [-0.05, 0) is 18.1 Å². The Morgan fingerprint density at radius 3 is 2.89 bits per heavy atom. The second kappa shape index (κ2) is 5.33. The summed E-state index contributed by atoms with van der Waals surface area (Å²) in [6, 6.07) is 4.03. The molecule has 19 heavy (non-hydrogen) atoms. The molecule has 1 saturated heterocycles. The van der Waals surface area contributed by atoms with Crippen LogP contribution in [0.3, 0.4) is 0 Å². The van der Waals surface area contributed by atoms with Crippen molar-refractivity contribution in [2.24, 2.45) is 0 Å². The molecule has 3 rings (SSSR count). The van der Waals surface area contributed by atoms with Crippen LogP contribution in [0.1, 0.15) is 17.2 Å². The van der Waals surface area contributed by atoms with Crippen molar-refractivity contribution in [1.82, 2.24) is 10.2 Å². The highest BCUT2D eigenvalue weighted by atomic mass is 16.3. The first-order chi connectivity index (χ1) is 9.25. The largest absolute Gasteiger partial charge is 0.471 e. The van der Waals surface area contributed by atoms with E-state index in [0.717, 1.165) is 48.1 Å². The summed E-state index contributed by atoms with van der Waals surface area (Å²) < 4.78 is 5.23. The van der Waals surface area contributed by atoms with Gasteiger partial charge in [0.05, 0.1) is 18.6 Å². The fourth-order valence-corrected chi connectivity index (χ4v) is 2.80. The fraction of sp³-hybridized carbons (Fsp3) is 0.467. The molecule has 2 N–H and O–H groups in total. The monoisotopic (exact) mass is 260 g/mol. The molecular weight excluding hydrogens is 240 g/mol. The summed E-state index contributed by atoms with van der Waals surface area (Å²) in [5.41, 5.74) is 2.13. The molecule has 0 unspecified atom stereocenters. The van der Waals surface area contributed by atoms with Crippen molar-refractivity contribution in [2.75, 3.05) is 32.7 Å². The SMILES string of the molecule is Cc1c([C@@H](O)CN2CCNCC2)ccc2cocc12. The standard InChI is InChI=1S/C15H20N2O2/c1-11-13(3-2-12-9-19-10-14(11)12)15(18)8-17-6-4-16-5-7-17/h2-3,9-10,15-16,18H,4-8H2,1H3/t15-/m0/s1. The van der Waals surface area contributed by atoms with E-state index in [1.54, 1.807) is 12.5 Å². The number of aliphatic hydroxyl groups excluding tert-OH is 1. The zero-order valence-electron chi connectivity index (χ0n) is 11.2. The van der Waals surface area contributed by atoms with Gasteiger partial charge in [0.25, 0.3) is 0 Å². The third-order valence-corrected chi connectivity index (χ3v) is 3.97. The zero-order valence-corrected chi connectivity index (χ0v) is 11.2. The van der Waals surface area contributed by atoms with E-state index >= 15 is 0 Å². The normalized spacial score (nSPS) is 18.8. The Morgan fingerprint density at radius 1 is 1.32 bits per heavy atom. The molecule has 1 aliphatic heterocycles. The molecule has 0 bridgehead atoms. The molecule has 4 heteroatoms. The Labute approximate surface area is 113 Å². The first-order valence-electron chi connectivity index (χ1n) is 6.82. The van der Waals surface area contributed by atoms with Crippen LogP contribution in [0.2, 0.25) is 0 Å². The summed E-state index contributed by atoms with van der Waals surface area (Å²) in [5, 5.41) is 16.0. The summed E-state index contributed by atoms with van der Waals surface area (Å²) in [7, 11) is 0. The fourth-order valence-electron chi connectivity index (χ4n) is 2.80. The lowest BCUT2D eigenvalue weighted by Gasteiger charge is -2.29. The number of aliphatic hydroxyl groups is 1. The number of aryl methyl sites for hydroxylation is 1. The highest BCUT2D eigenvalue weighted by Gasteiger charge is 2.18. The predicted octanol–water partition coefficient (Wildman–Crippen LogP) is 1.68. The Morgan fingerprint density at radius 2 is 2.11 bits per heavy atom. The van der Waals surface area contributed by atoms with Crippen molar-refractivity contribution in [3.63, 3.8) is 0 Å². The van der Waals surface area contributed by atoms with Crippen molar-refractivity contribution in [1.29, 1.82) is 0 Å². The second-order valence-electron chi connectivity index (χ2n) is 5.22. The molecule has 1 fully saturated rings. The number of β-amino-alcohol motifs (C(OH)–C–C–N with tert-alkyl or cyclic N) is 1. The molecule has 0 saturated carbocycles. The third-order valence-electron chi connectivity index (χ3n) is 3.97. The number of piperazine rings is 1. The second-order valence-corrected chi connectivity index (χ2v) is 5.22. The van der Waals surface area contributed by atoms with Crippen molar-refractivity contribution in [3.8, 4) is 0 Å². The highest BCUT2D eigenvalue weighted by molar-refractivity contribution is 5.85. The number of nitrogens with zero attached hydrogens (tertiary/aromatic N) is 1. The van der Waals surface area contributed by atoms with Gasteiger partial charge in [0, 0.05) is 43.5 Å². The number of nitrogens with one attached hydrogen (secondary N) is 1. The number of rotatable bonds is 3. The number of fused-ring (bicyclic) bond motifs is 1. The van der Waals surface area contributed by atoms with E-state index in [0.29, 0.717) is 6.54 Å². The van der Waals surface area contributed by atoms with Crippen LogP contribution in [0.25, 0.3) is 10.8 Å². The van der Waals surface area contributed by atoms with Gasteiger partial charge in [-0.3, -0.25) is 4.90 Å². The Hall–Kier alpha value is -1.36. The van der Waals surface area contributed by atoms with Crippen LogP contribution < -0.4 is 5.32 Å². The van der Waals surface area contributed by atoms with Gasteiger partial charge in [-0.1, -0.05) is 12.1 Å². The van der Waals surface area contributed by atoms with Gasteiger partial charge < -0.3 is 14.8 Å². The summed E-state index contributed by atoms with van der Waals surface area (Å²) in [4.78, 5) is 2.31. The van der Waals surface area contributed by atoms with Gasteiger partial charge in [-0.15, -0.1) is 0 Å². The Balaban J connectivity index is 1.80. The topological polar surface area (TPSA) is 48.6 Å². The van der Waals surface area contributed by atoms with Crippen LogP contribution >= 0.6 is 0 Å². The Bertz CT molecular complexity index is 558. The molecule has 1 atom stereocenters. The van der Waals surface area contributed by atoms with Gasteiger partial charge in [-0.2, -0.15) is 0 Å². The van der Waals surface area contributed by atoms with E-state index in [1.165, 1.54) is 0 Å². The lowest BCUT2D eigenvalue weighted by Crippen LogP contribution is -2.45. The maximum atomic E-state index is 10.5. The van der Waals surface area contributed by atoms with Crippen molar-refractivity contribution in [3.05, 3.63) is 35.8 Å². The van der Waals surface area contributed by atoms with Crippen LogP contribution in [0, 0.1) is 6.92 Å². The quantitative estimate of drug-likeness (QED) is 0.881. The minimum atomic E-state index is -0.433. The van der Waals surface area contributed by atoms with Gasteiger partial charge in [0.1, 0.15) is 0 Å². The van der Waals surface area contributed by atoms with Crippen molar-refractivity contribution < 1.29 is 9.52 Å². The number of hydrogen-bond acceptors (Lipinski definition) is 4. The molecule has 1 aromatic carbocycles. The van der Waals surface area contributed by atoms with E-state index in [9.17, 15) is 5.11 Å². The lowest BCUT2D eigenvalue weighted by atomic mass is 9.99. The Kier molecular flexibility index (Phi) is 3.55. The van der Waals surface area contributed by atoms with Crippen LogP contribution in [-0.4, -0.2) is 42.7 Å². The van der Waals surface area contributed by atoms with Gasteiger partial charge in [0.2, 0.25) is 0 Å². The average Bonchev–Trinajstić information content (AvgIpc) is 2.89. The molecule has 2 aromatic rings. The van der Waals surface area contributed by atoms with E-state index < -0.39 is 6.10 Å². The number of benzene rings is 1. The molecule has 0 aliphatic carbocycles. The summed E-state index contributed by atoms with van der Waals surface area (Å²) >= 11 is 0. The van der Waals surface area contributed by atoms with Crippen molar-refractivity contribution in [2.45, 2.75) is 13.0 Å². The van der Waals surface area contributed by atoms with E-state index in [-0.39, 0.29) is 0 Å². The molecule has 0 amide bonds. The van der Waals surface area contributed by atoms with Crippen LogP contribution in [-0.2, 0) is 0 Å². The number of furan rings is 1. The van der Waals surface area contributed by atoms with Gasteiger partial charge >= 0.3 is 0 Å². The number of hydrogen-bond donors (Lipinski definition) is 2. The summed E-state index contributed by atoms with van der Waals surface area (Å²) in [5.74, 6) is 0. The van der Waals surface area contributed by atoms with Crippen molar-refractivity contribution >= 4 is 10.8 Å². The van der Waals surface area contributed by atoms with E-state index in [4.69, 9.17) is 4.42 Å². The first-order valence-corrected chi connectivity index (χ1v) is 6.82. The molecule has 0 radical (unpaired) electrons. The van der Waals surface area contributed by atoms with Crippen LogP contribution in [0.15, 0.2) is 29.1 Å². The molecule has 102 valence electrons. The van der Waals surface area contributed by atoms with Gasteiger partial charge in [0.15, 0.2) is 0 Å². The highest BCUT2D eigenvalue weighted by Crippen LogP contribution is 2.27. The maximum absolute atomic E-state index is 10.5. The minimum absolute atomic E-state index is 0.433. The van der Waals surface area contributed by atoms with Gasteiger partial charge in [-0.25, -0.2) is 0 Å². The molecular formula is C15H20N2O2. The van der Waals surface area contributed by atoms with Crippen LogP contribution in [0.5, 0.6) is 0 Å². The molecule has 1 aliphatic rings. The van der Waals surface area contributed by atoms with E-state index in [2.05, 4.69) is 10.2 Å². The summed E-state index contributed by atoms with van der Waals surface area (Å²) in [6.45, 7) is 6.77. The minimum Gasteiger partial charge on any atom is -0.471 e. The predicted molar refractivity (Wildman–Crippen MR) is 75.2 cm³/mol. The van der Waals surface area contributed by atoms with E-state index in [1.807, 2.05) is 19.1 Å². The first kappa shape index (κ1) is 12.7. The average molecular weight is 260 g/mol. The molecule has 0 spiro atoms. The zero-order chi connectivity index (χ0) is 13.2. The smallest absolute Gasteiger partial charge is 0.0984 e. The molecule has 4 nitrogen and oxygen atoms in total. The van der Waals surface area contributed by atoms with Crippen LogP contribution in [0.4, 0.5) is 0 Å². The maximum Gasteiger partial charge on any atom is 0.0984 e. The molecule has 1 aromatic heterocycles. The molecule has 2 heterocycles. The summed E-state index contributed by atoms with van der Waals surface area (Å²) in [6.07, 6.45) is 3.07. The third kappa shape index (κ3) is 2.52.